The van der Waals surface area contributed by atoms with Gasteiger partial charge in [-0.2, -0.15) is 13.2 Å². The summed E-state index contributed by atoms with van der Waals surface area (Å²) in [5.41, 5.74) is 0.0813. The zero-order valence-corrected chi connectivity index (χ0v) is 11.8. The van der Waals surface area contributed by atoms with E-state index in [4.69, 9.17) is 0 Å². The standard InChI is InChI=1S/C15H14BrF3/c16-11-10-14(15(17,18)19)8-6-13(7-9-14)12-4-2-1-3-5-12/h1-8H,9-11H2. The van der Waals surface area contributed by atoms with E-state index in [0.717, 1.165) is 11.1 Å². The van der Waals surface area contributed by atoms with Crippen molar-refractivity contribution in [3.63, 3.8) is 0 Å². The van der Waals surface area contributed by atoms with E-state index in [1.54, 1.807) is 12.2 Å². The summed E-state index contributed by atoms with van der Waals surface area (Å²) >= 11 is 3.12. The molecule has 0 N–H and O–H groups in total. The van der Waals surface area contributed by atoms with Crippen LogP contribution in [0.25, 0.3) is 5.57 Å². The van der Waals surface area contributed by atoms with Crippen molar-refractivity contribution in [2.45, 2.75) is 19.0 Å². The van der Waals surface area contributed by atoms with Gasteiger partial charge in [-0.3, -0.25) is 0 Å². The van der Waals surface area contributed by atoms with Crippen molar-refractivity contribution in [2.75, 3.05) is 5.33 Å². The molecule has 0 nitrogen and oxygen atoms in total. The molecular weight excluding hydrogens is 317 g/mol. The lowest BCUT2D eigenvalue weighted by Crippen LogP contribution is -2.37. The summed E-state index contributed by atoms with van der Waals surface area (Å²) in [6, 6.07) is 9.46. The van der Waals surface area contributed by atoms with Crippen LogP contribution in [0.15, 0.2) is 48.6 Å². The molecule has 1 atom stereocenters. The highest BCUT2D eigenvalue weighted by Gasteiger charge is 2.52. The zero-order chi connectivity index (χ0) is 13.9. The molecule has 0 fully saturated rings. The lowest BCUT2D eigenvalue weighted by molar-refractivity contribution is -0.205. The predicted octanol–water partition coefficient (Wildman–Crippen LogP) is 5.36. The molecule has 1 aromatic rings. The van der Waals surface area contributed by atoms with Crippen LogP contribution in [-0.4, -0.2) is 11.5 Å². The van der Waals surface area contributed by atoms with Crippen LogP contribution in [0, 0.1) is 5.41 Å². The van der Waals surface area contributed by atoms with Gasteiger partial charge in [0.15, 0.2) is 0 Å². The molecule has 1 aromatic carbocycles. The molecule has 0 aliphatic heterocycles. The van der Waals surface area contributed by atoms with Crippen LogP contribution in [0.2, 0.25) is 0 Å². The van der Waals surface area contributed by atoms with Crippen molar-refractivity contribution in [1.29, 1.82) is 0 Å². The summed E-state index contributed by atoms with van der Waals surface area (Å²) in [6.07, 6.45) is 0.446. The third kappa shape index (κ3) is 2.94. The van der Waals surface area contributed by atoms with Crippen LogP contribution in [-0.2, 0) is 0 Å². The van der Waals surface area contributed by atoms with Gasteiger partial charge in [-0.05, 0) is 24.0 Å². The van der Waals surface area contributed by atoms with Crippen LogP contribution in [0.3, 0.4) is 0 Å². The largest absolute Gasteiger partial charge is 0.398 e. The van der Waals surface area contributed by atoms with Gasteiger partial charge in [0.05, 0.1) is 5.41 Å². The SMILES string of the molecule is FC(F)(F)C1(CCBr)C=CC(c2ccccc2)=CC1. The smallest absolute Gasteiger partial charge is 0.170 e. The van der Waals surface area contributed by atoms with E-state index in [2.05, 4.69) is 15.9 Å². The monoisotopic (exact) mass is 330 g/mol. The first-order valence-corrected chi connectivity index (χ1v) is 7.18. The van der Waals surface area contributed by atoms with E-state index in [1.165, 1.54) is 6.08 Å². The fourth-order valence-corrected chi connectivity index (χ4v) is 2.94. The van der Waals surface area contributed by atoms with Crippen molar-refractivity contribution >= 4 is 21.5 Å². The molecule has 1 aliphatic carbocycles. The summed E-state index contributed by atoms with van der Waals surface area (Å²) in [7, 11) is 0. The Kier molecular flexibility index (Phi) is 4.19. The molecule has 1 unspecified atom stereocenters. The van der Waals surface area contributed by atoms with E-state index < -0.39 is 11.6 Å². The molecule has 0 radical (unpaired) electrons. The summed E-state index contributed by atoms with van der Waals surface area (Å²) in [5.74, 6) is 0. The van der Waals surface area contributed by atoms with Crippen LogP contribution >= 0.6 is 15.9 Å². The quantitative estimate of drug-likeness (QED) is 0.654. The Balaban J connectivity index is 2.26. The predicted molar refractivity (Wildman–Crippen MR) is 75.1 cm³/mol. The zero-order valence-electron chi connectivity index (χ0n) is 10.3. The lowest BCUT2D eigenvalue weighted by atomic mass is 9.76. The highest BCUT2D eigenvalue weighted by atomic mass is 79.9. The van der Waals surface area contributed by atoms with E-state index in [1.807, 2.05) is 30.3 Å². The van der Waals surface area contributed by atoms with E-state index >= 15 is 0 Å². The Hall–Kier alpha value is -1.03. The molecule has 2 rings (SSSR count). The van der Waals surface area contributed by atoms with E-state index in [-0.39, 0.29) is 12.8 Å². The number of hydrogen-bond acceptors (Lipinski definition) is 0. The van der Waals surface area contributed by atoms with Gasteiger partial charge in [0.25, 0.3) is 0 Å². The van der Waals surface area contributed by atoms with Gasteiger partial charge in [-0.15, -0.1) is 0 Å². The van der Waals surface area contributed by atoms with Crippen molar-refractivity contribution in [1.82, 2.24) is 0 Å². The van der Waals surface area contributed by atoms with Gasteiger partial charge in [0.2, 0.25) is 0 Å². The molecule has 0 saturated carbocycles. The second-order valence-corrected chi connectivity index (χ2v) is 5.45. The fraction of sp³-hybridized carbons (Fsp3) is 0.333. The van der Waals surface area contributed by atoms with Crippen LogP contribution in [0.5, 0.6) is 0 Å². The van der Waals surface area contributed by atoms with Crippen LogP contribution < -0.4 is 0 Å². The van der Waals surface area contributed by atoms with Gasteiger partial charge in [0.1, 0.15) is 0 Å². The molecule has 0 heterocycles. The molecule has 0 aromatic heterocycles. The summed E-state index contributed by atoms with van der Waals surface area (Å²) in [6.45, 7) is 0. The molecule has 0 spiro atoms. The number of alkyl halides is 4. The van der Waals surface area contributed by atoms with Gasteiger partial charge in [0, 0.05) is 5.33 Å². The average Bonchev–Trinajstić information content (AvgIpc) is 2.40. The molecule has 4 heteroatoms. The van der Waals surface area contributed by atoms with E-state index in [0.29, 0.717) is 5.33 Å². The number of rotatable bonds is 3. The normalized spacial score (nSPS) is 23.3. The Morgan fingerprint density at radius 1 is 1.16 bits per heavy atom. The van der Waals surface area contributed by atoms with Crippen molar-refractivity contribution in [3.8, 4) is 0 Å². The second kappa shape index (κ2) is 5.53. The molecule has 0 bridgehead atoms. The third-order valence-corrected chi connectivity index (χ3v) is 3.88. The second-order valence-electron chi connectivity index (χ2n) is 4.66. The molecular formula is C15H14BrF3. The van der Waals surface area contributed by atoms with Crippen molar-refractivity contribution in [2.24, 2.45) is 5.41 Å². The highest BCUT2D eigenvalue weighted by Crippen LogP contribution is 2.48. The van der Waals surface area contributed by atoms with Gasteiger partial charge >= 0.3 is 6.18 Å². The first-order chi connectivity index (χ1) is 8.98. The number of hydrogen-bond donors (Lipinski definition) is 0. The Labute approximate surface area is 119 Å². The lowest BCUT2D eigenvalue weighted by Gasteiger charge is -2.34. The Morgan fingerprint density at radius 2 is 1.84 bits per heavy atom. The molecule has 0 saturated heterocycles. The van der Waals surface area contributed by atoms with Crippen molar-refractivity contribution < 1.29 is 13.2 Å². The van der Waals surface area contributed by atoms with Crippen molar-refractivity contribution in [3.05, 3.63) is 54.1 Å². The third-order valence-electron chi connectivity index (χ3n) is 3.48. The minimum atomic E-state index is -4.21. The van der Waals surface area contributed by atoms with Crippen LogP contribution in [0.1, 0.15) is 18.4 Å². The molecule has 1 aliphatic rings. The summed E-state index contributed by atoms with van der Waals surface area (Å²) in [4.78, 5) is 0. The average molecular weight is 331 g/mol. The number of benzene rings is 1. The van der Waals surface area contributed by atoms with E-state index in [9.17, 15) is 13.2 Å². The van der Waals surface area contributed by atoms with Gasteiger partial charge in [-0.25, -0.2) is 0 Å². The molecule has 0 amide bonds. The Morgan fingerprint density at radius 3 is 2.32 bits per heavy atom. The maximum atomic E-state index is 13.2. The maximum absolute atomic E-state index is 13.2. The summed E-state index contributed by atoms with van der Waals surface area (Å²) in [5, 5.41) is 0.339. The van der Waals surface area contributed by atoms with Gasteiger partial charge < -0.3 is 0 Å². The minimum Gasteiger partial charge on any atom is -0.170 e. The minimum absolute atomic E-state index is 0.00281. The van der Waals surface area contributed by atoms with Crippen LogP contribution in [0.4, 0.5) is 13.2 Å². The first kappa shape index (κ1) is 14.4. The fourth-order valence-electron chi connectivity index (χ4n) is 2.23. The first-order valence-electron chi connectivity index (χ1n) is 6.06. The molecule has 102 valence electrons. The Bertz CT molecular complexity index is 488. The highest BCUT2D eigenvalue weighted by molar-refractivity contribution is 9.09. The number of allylic oxidation sites excluding steroid dienone is 4. The maximum Gasteiger partial charge on any atom is 0.398 e. The number of halogens is 4. The topological polar surface area (TPSA) is 0 Å². The molecule has 19 heavy (non-hydrogen) atoms. The van der Waals surface area contributed by atoms with Gasteiger partial charge in [-0.1, -0.05) is 64.5 Å². The summed E-state index contributed by atoms with van der Waals surface area (Å²) < 4.78 is 39.6.